The van der Waals surface area contributed by atoms with Crippen LogP contribution in [0.1, 0.15) is 47.7 Å². The van der Waals surface area contributed by atoms with E-state index in [-0.39, 0.29) is 17.6 Å². The van der Waals surface area contributed by atoms with E-state index in [2.05, 4.69) is 15.2 Å². The van der Waals surface area contributed by atoms with Gasteiger partial charge in [0.25, 0.3) is 0 Å². The third-order valence-electron chi connectivity index (χ3n) is 3.34. The molecule has 1 atom stereocenters. The standard InChI is InChI=1S/C13H19N3O3S/c1-9(12-15-10(8-20-12)13(18)19)14-11(17)4-7-16-5-2-3-6-16/h8-9H,2-7H2,1H3,(H,14,17)(H,18,19). The summed E-state index contributed by atoms with van der Waals surface area (Å²) in [5.74, 6) is -1.06. The van der Waals surface area contributed by atoms with E-state index in [0.717, 1.165) is 19.6 Å². The van der Waals surface area contributed by atoms with Gasteiger partial charge in [0.2, 0.25) is 5.91 Å². The zero-order valence-corrected chi connectivity index (χ0v) is 12.3. The highest BCUT2D eigenvalue weighted by atomic mass is 32.1. The predicted molar refractivity (Wildman–Crippen MR) is 75.9 cm³/mol. The summed E-state index contributed by atoms with van der Waals surface area (Å²) in [4.78, 5) is 28.9. The van der Waals surface area contributed by atoms with Crippen LogP contribution in [0.5, 0.6) is 0 Å². The Balaban J connectivity index is 1.78. The molecule has 6 nitrogen and oxygen atoms in total. The lowest BCUT2D eigenvalue weighted by molar-refractivity contribution is -0.122. The summed E-state index contributed by atoms with van der Waals surface area (Å²) < 4.78 is 0. The Morgan fingerprint density at radius 2 is 2.20 bits per heavy atom. The lowest BCUT2D eigenvalue weighted by atomic mass is 10.3. The third-order valence-corrected chi connectivity index (χ3v) is 4.37. The van der Waals surface area contributed by atoms with E-state index >= 15 is 0 Å². The third kappa shape index (κ3) is 4.01. The fourth-order valence-corrected chi connectivity index (χ4v) is 3.03. The zero-order chi connectivity index (χ0) is 14.5. The maximum atomic E-state index is 11.8. The zero-order valence-electron chi connectivity index (χ0n) is 11.5. The van der Waals surface area contributed by atoms with Crippen LogP contribution in [0.25, 0.3) is 0 Å². The number of rotatable bonds is 6. The topological polar surface area (TPSA) is 82.5 Å². The Hall–Kier alpha value is -1.47. The van der Waals surface area contributed by atoms with Crippen molar-refractivity contribution >= 4 is 23.2 Å². The first-order valence-corrected chi connectivity index (χ1v) is 7.64. The van der Waals surface area contributed by atoms with Gasteiger partial charge in [-0.15, -0.1) is 11.3 Å². The lowest BCUT2D eigenvalue weighted by Gasteiger charge is -2.15. The van der Waals surface area contributed by atoms with Gasteiger partial charge in [-0.05, 0) is 32.9 Å². The summed E-state index contributed by atoms with van der Waals surface area (Å²) in [6.45, 7) is 4.77. The van der Waals surface area contributed by atoms with E-state index in [1.807, 2.05) is 6.92 Å². The van der Waals surface area contributed by atoms with E-state index in [1.165, 1.54) is 29.6 Å². The molecule has 1 unspecified atom stereocenters. The Bertz CT molecular complexity index is 483. The molecule has 2 N–H and O–H groups in total. The van der Waals surface area contributed by atoms with Crippen molar-refractivity contribution in [3.8, 4) is 0 Å². The van der Waals surface area contributed by atoms with Crippen LogP contribution in [0.15, 0.2) is 5.38 Å². The molecular formula is C13H19N3O3S. The number of carboxylic acids is 1. The van der Waals surface area contributed by atoms with Crippen LogP contribution in [0.4, 0.5) is 0 Å². The van der Waals surface area contributed by atoms with Gasteiger partial charge in [-0.2, -0.15) is 0 Å². The van der Waals surface area contributed by atoms with Gasteiger partial charge in [0.05, 0.1) is 6.04 Å². The monoisotopic (exact) mass is 297 g/mol. The molecule has 7 heteroatoms. The summed E-state index contributed by atoms with van der Waals surface area (Å²) in [6.07, 6.45) is 2.91. The number of nitrogens with zero attached hydrogens (tertiary/aromatic N) is 2. The minimum Gasteiger partial charge on any atom is -0.476 e. The number of amides is 1. The van der Waals surface area contributed by atoms with E-state index in [1.54, 1.807) is 0 Å². The molecule has 20 heavy (non-hydrogen) atoms. The van der Waals surface area contributed by atoms with Crippen molar-refractivity contribution in [2.24, 2.45) is 0 Å². The van der Waals surface area contributed by atoms with Crippen molar-refractivity contribution in [1.82, 2.24) is 15.2 Å². The van der Waals surface area contributed by atoms with Crippen LogP contribution in [0.2, 0.25) is 0 Å². The van der Waals surface area contributed by atoms with Crippen LogP contribution in [0.3, 0.4) is 0 Å². The second-order valence-electron chi connectivity index (χ2n) is 4.96. The van der Waals surface area contributed by atoms with Crippen LogP contribution in [-0.2, 0) is 4.79 Å². The Morgan fingerprint density at radius 1 is 1.50 bits per heavy atom. The molecule has 1 saturated heterocycles. The van der Waals surface area contributed by atoms with Crippen molar-refractivity contribution in [3.05, 3.63) is 16.1 Å². The molecule has 0 radical (unpaired) electrons. The fraction of sp³-hybridized carbons (Fsp3) is 0.615. The molecule has 2 rings (SSSR count). The molecule has 2 heterocycles. The minimum atomic E-state index is -1.04. The van der Waals surface area contributed by atoms with Gasteiger partial charge in [-0.1, -0.05) is 0 Å². The van der Waals surface area contributed by atoms with E-state index in [9.17, 15) is 9.59 Å². The highest BCUT2D eigenvalue weighted by Gasteiger charge is 2.17. The Kier molecular flexibility index (Phi) is 5.08. The van der Waals surface area contributed by atoms with Crippen LogP contribution >= 0.6 is 11.3 Å². The molecule has 0 aliphatic carbocycles. The van der Waals surface area contributed by atoms with Crippen molar-refractivity contribution in [2.75, 3.05) is 19.6 Å². The molecule has 0 bridgehead atoms. The number of hydrogen-bond donors (Lipinski definition) is 2. The maximum Gasteiger partial charge on any atom is 0.355 e. The van der Waals surface area contributed by atoms with Gasteiger partial charge in [0, 0.05) is 18.3 Å². The first kappa shape index (κ1) is 14.9. The molecule has 0 aromatic carbocycles. The summed E-state index contributed by atoms with van der Waals surface area (Å²) in [6, 6.07) is -0.251. The van der Waals surface area contributed by atoms with Crippen molar-refractivity contribution in [3.63, 3.8) is 0 Å². The molecule has 1 fully saturated rings. The first-order chi connectivity index (χ1) is 9.56. The van der Waals surface area contributed by atoms with E-state index < -0.39 is 5.97 Å². The molecule has 1 aromatic heterocycles. The van der Waals surface area contributed by atoms with Gasteiger partial charge in [0.15, 0.2) is 5.69 Å². The number of likely N-dealkylation sites (tertiary alicyclic amines) is 1. The molecule has 1 aliphatic heterocycles. The van der Waals surface area contributed by atoms with Crippen LogP contribution < -0.4 is 5.32 Å². The van der Waals surface area contributed by atoms with Gasteiger partial charge in [-0.3, -0.25) is 4.79 Å². The predicted octanol–water partition coefficient (Wildman–Crippen LogP) is 1.50. The molecular weight excluding hydrogens is 278 g/mol. The number of thiazole rings is 1. The SMILES string of the molecule is CC(NC(=O)CCN1CCCC1)c1nc(C(=O)O)cs1. The van der Waals surface area contributed by atoms with Crippen molar-refractivity contribution in [2.45, 2.75) is 32.2 Å². The van der Waals surface area contributed by atoms with Crippen LogP contribution in [-0.4, -0.2) is 46.5 Å². The quantitative estimate of drug-likeness (QED) is 0.831. The summed E-state index contributed by atoms with van der Waals surface area (Å²) in [7, 11) is 0. The summed E-state index contributed by atoms with van der Waals surface area (Å²) in [5.41, 5.74) is 0.0307. The van der Waals surface area contributed by atoms with Crippen molar-refractivity contribution in [1.29, 1.82) is 0 Å². The maximum absolute atomic E-state index is 11.8. The Labute approximate surface area is 121 Å². The Morgan fingerprint density at radius 3 is 2.80 bits per heavy atom. The fourth-order valence-electron chi connectivity index (χ4n) is 2.23. The second kappa shape index (κ2) is 6.81. The number of carbonyl (C=O) groups is 2. The largest absolute Gasteiger partial charge is 0.476 e. The number of aromatic carboxylic acids is 1. The van der Waals surface area contributed by atoms with Gasteiger partial charge in [0.1, 0.15) is 5.01 Å². The molecule has 1 aliphatic rings. The highest BCUT2D eigenvalue weighted by molar-refractivity contribution is 7.09. The van der Waals surface area contributed by atoms with Gasteiger partial charge in [-0.25, -0.2) is 9.78 Å². The van der Waals surface area contributed by atoms with Crippen LogP contribution in [0, 0.1) is 0 Å². The number of carboxylic acid groups (broad SMARTS) is 1. The van der Waals surface area contributed by atoms with E-state index in [4.69, 9.17) is 5.11 Å². The molecule has 110 valence electrons. The summed E-state index contributed by atoms with van der Waals surface area (Å²) in [5, 5.41) is 13.8. The lowest BCUT2D eigenvalue weighted by Crippen LogP contribution is -2.31. The minimum absolute atomic E-state index is 0.0172. The summed E-state index contributed by atoms with van der Waals surface area (Å²) >= 11 is 1.25. The molecule has 0 saturated carbocycles. The second-order valence-corrected chi connectivity index (χ2v) is 5.85. The molecule has 0 spiro atoms. The first-order valence-electron chi connectivity index (χ1n) is 6.76. The van der Waals surface area contributed by atoms with E-state index in [0.29, 0.717) is 11.4 Å². The molecule has 1 aromatic rings. The molecule has 1 amide bonds. The van der Waals surface area contributed by atoms with Gasteiger partial charge < -0.3 is 15.3 Å². The number of nitrogens with one attached hydrogen (secondary N) is 1. The number of hydrogen-bond acceptors (Lipinski definition) is 5. The average Bonchev–Trinajstić information content (AvgIpc) is 3.07. The number of carbonyl (C=O) groups excluding carboxylic acids is 1. The smallest absolute Gasteiger partial charge is 0.355 e. The highest BCUT2D eigenvalue weighted by Crippen LogP contribution is 2.18. The van der Waals surface area contributed by atoms with Gasteiger partial charge >= 0.3 is 5.97 Å². The van der Waals surface area contributed by atoms with Crippen molar-refractivity contribution < 1.29 is 14.7 Å². The number of aromatic nitrogens is 1. The average molecular weight is 297 g/mol. The normalized spacial score (nSPS) is 17.1.